The summed E-state index contributed by atoms with van der Waals surface area (Å²) in [7, 11) is -3.53. The molecule has 0 spiro atoms. The number of rotatable bonds is 3. The van der Waals surface area contributed by atoms with Gasteiger partial charge >= 0.3 is 0 Å². The number of carbonyl (C=O) groups excluding carboxylic acids is 1. The Morgan fingerprint density at radius 2 is 2.00 bits per heavy atom. The first-order valence-electron chi connectivity index (χ1n) is 8.86. The monoisotopic (exact) mass is 377 g/mol. The molecule has 0 bridgehead atoms. The Morgan fingerprint density at radius 1 is 1.23 bits per heavy atom. The van der Waals surface area contributed by atoms with Gasteiger partial charge in [-0.1, -0.05) is 6.07 Å². The summed E-state index contributed by atoms with van der Waals surface area (Å²) in [5.41, 5.74) is 0.738. The molecule has 1 N–H and O–H groups in total. The van der Waals surface area contributed by atoms with E-state index in [1.54, 1.807) is 29.3 Å². The molecule has 2 saturated heterocycles. The highest BCUT2D eigenvalue weighted by Gasteiger charge is 2.31. The third-order valence-corrected chi connectivity index (χ3v) is 6.15. The van der Waals surface area contributed by atoms with Crippen LogP contribution in [0, 0.1) is 0 Å². The molecule has 26 heavy (non-hydrogen) atoms. The Bertz CT molecular complexity index is 925. The zero-order valence-corrected chi connectivity index (χ0v) is 15.6. The van der Waals surface area contributed by atoms with Crippen LogP contribution in [0.1, 0.15) is 16.9 Å². The smallest absolute Gasteiger partial charge is 0.274 e. The van der Waals surface area contributed by atoms with Crippen molar-refractivity contribution in [3.05, 3.63) is 30.1 Å². The number of piperazine rings is 1. The van der Waals surface area contributed by atoms with Crippen LogP contribution in [0.25, 0.3) is 5.52 Å². The van der Waals surface area contributed by atoms with Gasteiger partial charge in [0.05, 0.1) is 5.52 Å². The average molecular weight is 377 g/mol. The second-order valence-electron chi connectivity index (χ2n) is 6.95. The van der Waals surface area contributed by atoms with Crippen LogP contribution in [-0.4, -0.2) is 85.1 Å². The standard InChI is InChI=1S/C17H23N5O3S/c1-26(24,25)17-19-15(14-4-2-3-7-22(14)17)16(23)21-10-8-20(9-11-21)13-5-6-18-12-13/h2-4,7,13,18H,5-6,8-12H2,1H3. The second kappa shape index (κ2) is 6.64. The van der Waals surface area contributed by atoms with Crippen molar-refractivity contribution in [1.82, 2.24) is 24.5 Å². The van der Waals surface area contributed by atoms with Gasteiger partial charge in [0.15, 0.2) is 5.69 Å². The van der Waals surface area contributed by atoms with Crippen molar-refractivity contribution in [2.45, 2.75) is 17.6 Å². The topological polar surface area (TPSA) is 87.0 Å². The van der Waals surface area contributed by atoms with E-state index in [9.17, 15) is 13.2 Å². The number of pyridine rings is 1. The predicted molar refractivity (Wildman–Crippen MR) is 97.1 cm³/mol. The van der Waals surface area contributed by atoms with E-state index in [0.29, 0.717) is 24.6 Å². The highest BCUT2D eigenvalue weighted by Crippen LogP contribution is 2.20. The summed E-state index contributed by atoms with van der Waals surface area (Å²) in [4.78, 5) is 21.4. The molecule has 1 atom stereocenters. The maximum atomic E-state index is 13.0. The summed E-state index contributed by atoms with van der Waals surface area (Å²) < 4.78 is 25.5. The third-order valence-electron chi connectivity index (χ3n) is 5.20. The lowest BCUT2D eigenvalue weighted by molar-refractivity contribution is 0.0580. The number of fused-ring (bicyclic) bond motifs is 1. The minimum atomic E-state index is -3.53. The van der Waals surface area contributed by atoms with Crippen LogP contribution in [-0.2, 0) is 9.84 Å². The number of aromatic nitrogens is 2. The predicted octanol–water partition coefficient (Wildman–Crippen LogP) is -0.142. The van der Waals surface area contributed by atoms with Crippen LogP contribution < -0.4 is 5.32 Å². The molecule has 8 nitrogen and oxygen atoms in total. The molecule has 0 aromatic carbocycles. The second-order valence-corrected chi connectivity index (χ2v) is 8.86. The lowest BCUT2D eigenvalue weighted by Gasteiger charge is -2.37. The van der Waals surface area contributed by atoms with Gasteiger partial charge < -0.3 is 10.2 Å². The first-order chi connectivity index (χ1) is 12.4. The van der Waals surface area contributed by atoms with Crippen molar-refractivity contribution >= 4 is 21.3 Å². The Kier molecular flexibility index (Phi) is 4.45. The summed E-state index contributed by atoms with van der Waals surface area (Å²) in [6, 6.07) is 5.80. The fourth-order valence-corrected chi connectivity index (χ4v) is 4.59. The normalized spacial score (nSPS) is 22.2. The van der Waals surface area contributed by atoms with Crippen molar-refractivity contribution < 1.29 is 13.2 Å². The van der Waals surface area contributed by atoms with Gasteiger partial charge in [-0.15, -0.1) is 0 Å². The van der Waals surface area contributed by atoms with Gasteiger partial charge in [0, 0.05) is 51.2 Å². The SMILES string of the molecule is CS(=O)(=O)c1nc(C(=O)N2CCN(C3CCNC3)CC2)c2ccccn12. The Labute approximate surface area is 152 Å². The maximum absolute atomic E-state index is 13.0. The molecular formula is C17H23N5O3S. The molecule has 4 rings (SSSR count). The minimum absolute atomic E-state index is 0.0906. The zero-order chi connectivity index (χ0) is 18.3. The Balaban J connectivity index is 1.57. The molecule has 4 heterocycles. The van der Waals surface area contributed by atoms with Crippen LogP contribution in [0.5, 0.6) is 0 Å². The number of carbonyl (C=O) groups is 1. The van der Waals surface area contributed by atoms with Crippen molar-refractivity contribution in [3.63, 3.8) is 0 Å². The first-order valence-corrected chi connectivity index (χ1v) is 10.8. The van der Waals surface area contributed by atoms with Gasteiger partial charge in [-0.25, -0.2) is 13.4 Å². The van der Waals surface area contributed by atoms with E-state index in [1.807, 2.05) is 0 Å². The van der Waals surface area contributed by atoms with E-state index in [-0.39, 0.29) is 16.8 Å². The fourth-order valence-electron chi connectivity index (χ4n) is 3.82. The van der Waals surface area contributed by atoms with Crippen molar-refractivity contribution in [3.8, 4) is 0 Å². The zero-order valence-electron chi connectivity index (χ0n) is 14.8. The van der Waals surface area contributed by atoms with Crippen LogP contribution in [0.15, 0.2) is 29.6 Å². The van der Waals surface area contributed by atoms with Crippen LogP contribution in [0.3, 0.4) is 0 Å². The summed E-state index contributed by atoms with van der Waals surface area (Å²) in [5, 5.41) is 3.28. The summed E-state index contributed by atoms with van der Waals surface area (Å²) in [6.45, 7) is 5.01. The van der Waals surface area contributed by atoms with E-state index in [4.69, 9.17) is 0 Å². The van der Waals surface area contributed by atoms with E-state index in [1.165, 1.54) is 4.40 Å². The van der Waals surface area contributed by atoms with Crippen LogP contribution >= 0.6 is 0 Å². The number of amides is 1. The fraction of sp³-hybridized carbons (Fsp3) is 0.529. The van der Waals surface area contributed by atoms with Crippen LogP contribution in [0.2, 0.25) is 0 Å². The van der Waals surface area contributed by atoms with Gasteiger partial charge in [-0.3, -0.25) is 14.1 Å². The van der Waals surface area contributed by atoms with Gasteiger partial charge in [0.1, 0.15) is 0 Å². The highest BCUT2D eigenvalue weighted by molar-refractivity contribution is 7.90. The lowest BCUT2D eigenvalue weighted by Crippen LogP contribution is -2.52. The summed E-state index contributed by atoms with van der Waals surface area (Å²) in [6.07, 6.45) is 3.88. The molecule has 1 amide bonds. The molecule has 140 valence electrons. The van der Waals surface area contributed by atoms with Gasteiger partial charge in [-0.2, -0.15) is 0 Å². The van der Waals surface area contributed by atoms with Crippen LogP contribution in [0.4, 0.5) is 0 Å². The average Bonchev–Trinajstić information content (AvgIpc) is 3.29. The largest absolute Gasteiger partial charge is 0.335 e. The van der Waals surface area contributed by atoms with Crippen molar-refractivity contribution in [2.75, 3.05) is 45.5 Å². The van der Waals surface area contributed by atoms with Gasteiger partial charge in [0.2, 0.25) is 15.0 Å². The third kappa shape index (κ3) is 3.10. The number of hydrogen-bond acceptors (Lipinski definition) is 6. The number of nitrogens with zero attached hydrogens (tertiary/aromatic N) is 4. The Morgan fingerprint density at radius 3 is 2.65 bits per heavy atom. The van der Waals surface area contributed by atoms with Gasteiger partial charge in [0.25, 0.3) is 5.91 Å². The Hall–Kier alpha value is -1.97. The molecule has 2 aliphatic heterocycles. The summed E-state index contributed by atoms with van der Waals surface area (Å²) >= 11 is 0. The van der Waals surface area contributed by atoms with E-state index in [2.05, 4.69) is 15.2 Å². The first kappa shape index (κ1) is 17.4. The molecule has 2 aromatic rings. The molecule has 0 aliphatic carbocycles. The van der Waals surface area contributed by atoms with E-state index >= 15 is 0 Å². The molecule has 9 heteroatoms. The van der Waals surface area contributed by atoms with Gasteiger partial charge in [-0.05, 0) is 25.1 Å². The van der Waals surface area contributed by atoms with Crippen molar-refractivity contribution in [1.29, 1.82) is 0 Å². The maximum Gasteiger partial charge on any atom is 0.274 e. The molecular weight excluding hydrogens is 354 g/mol. The van der Waals surface area contributed by atoms with E-state index in [0.717, 1.165) is 38.9 Å². The molecule has 2 fully saturated rings. The molecule has 0 radical (unpaired) electrons. The molecule has 2 aromatic heterocycles. The number of nitrogens with one attached hydrogen (secondary N) is 1. The lowest BCUT2D eigenvalue weighted by atomic mass is 10.2. The summed E-state index contributed by atoms with van der Waals surface area (Å²) in [5.74, 6) is -0.201. The number of hydrogen-bond donors (Lipinski definition) is 1. The van der Waals surface area contributed by atoms with Crippen molar-refractivity contribution in [2.24, 2.45) is 0 Å². The number of sulfone groups is 1. The van der Waals surface area contributed by atoms with E-state index < -0.39 is 9.84 Å². The molecule has 2 aliphatic rings. The number of imidazole rings is 1. The molecule has 0 saturated carbocycles. The minimum Gasteiger partial charge on any atom is -0.335 e. The quantitative estimate of drug-likeness (QED) is 0.801. The molecule has 1 unspecified atom stereocenters. The highest BCUT2D eigenvalue weighted by atomic mass is 32.2.